The van der Waals surface area contributed by atoms with Gasteiger partial charge in [0.15, 0.2) is 0 Å². The average molecular weight is 566 g/mol. The molecule has 0 saturated heterocycles. The number of nitrogens with one attached hydrogen (secondary N) is 1. The van der Waals surface area contributed by atoms with Gasteiger partial charge in [-0.3, -0.25) is 0 Å². The lowest BCUT2D eigenvalue weighted by Gasteiger charge is -2.24. The third-order valence-corrected chi connectivity index (χ3v) is 9.16. The monoisotopic (exact) mass is 565 g/mol. The van der Waals surface area contributed by atoms with E-state index in [1.807, 2.05) is 0 Å². The molecule has 0 radical (unpaired) electrons. The Morgan fingerprint density at radius 1 is 0.682 bits per heavy atom. The van der Waals surface area contributed by atoms with Crippen LogP contribution >= 0.6 is 0 Å². The third kappa shape index (κ3) is 4.30. The predicted molar refractivity (Wildman–Crippen MR) is 184 cm³/mol. The molecule has 1 atom stereocenters. The van der Waals surface area contributed by atoms with Gasteiger partial charge in [-0.25, -0.2) is 0 Å². The number of aryl methyl sites for hydroxylation is 1. The van der Waals surface area contributed by atoms with E-state index in [4.69, 9.17) is 6.72 Å². The number of hydrogen-bond donors (Lipinski definition) is 1. The van der Waals surface area contributed by atoms with Crippen LogP contribution in [0.2, 0.25) is 0 Å². The first-order valence-corrected chi connectivity index (χ1v) is 15.3. The Kier molecular flexibility index (Phi) is 6.34. The Bertz CT molecular complexity index is 2440. The molecule has 210 valence electrons. The van der Waals surface area contributed by atoms with E-state index in [2.05, 4.69) is 162 Å². The van der Waals surface area contributed by atoms with Crippen molar-refractivity contribution >= 4 is 44.1 Å². The number of rotatable bonds is 4. The third-order valence-electron chi connectivity index (χ3n) is 9.16. The van der Waals surface area contributed by atoms with Crippen LogP contribution in [-0.4, -0.2) is 0 Å². The van der Waals surface area contributed by atoms with Crippen LogP contribution in [0.4, 0.5) is 5.69 Å². The van der Waals surface area contributed by atoms with E-state index in [-0.39, 0.29) is 6.04 Å². The van der Waals surface area contributed by atoms with Crippen LogP contribution in [0.5, 0.6) is 0 Å². The molecule has 6 aromatic carbocycles. The molecule has 2 heteroatoms. The summed E-state index contributed by atoms with van der Waals surface area (Å²) in [5.41, 5.74) is 6.05. The second-order valence-electron chi connectivity index (χ2n) is 11.7. The van der Waals surface area contributed by atoms with E-state index in [1.165, 1.54) is 59.4 Å². The van der Waals surface area contributed by atoms with Gasteiger partial charge in [-0.15, -0.1) is 0 Å². The van der Waals surface area contributed by atoms with E-state index in [9.17, 15) is 0 Å². The summed E-state index contributed by atoms with van der Waals surface area (Å²) in [5.74, 6) is 0. The van der Waals surface area contributed by atoms with Crippen LogP contribution in [0.3, 0.4) is 0 Å². The van der Waals surface area contributed by atoms with Gasteiger partial charge >= 0.3 is 0 Å². The summed E-state index contributed by atoms with van der Waals surface area (Å²) >= 11 is 0. The highest BCUT2D eigenvalue weighted by atomic mass is 15.0. The molecular formula is C42H33N2+. The molecule has 2 nitrogen and oxygen atoms in total. The lowest BCUT2D eigenvalue weighted by atomic mass is 9.90. The van der Waals surface area contributed by atoms with Crippen molar-refractivity contribution in [2.75, 3.05) is 5.32 Å². The first kappa shape index (κ1) is 26.2. The fraction of sp³-hybridized carbons (Fsp3) is 0.0714. The molecule has 44 heavy (non-hydrogen) atoms. The van der Waals surface area contributed by atoms with Gasteiger partial charge in [0.05, 0.1) is 5.22 Å². The molecule has 1 aliphatic rings. The Labute approximate surface area is 256 Å². The lowest BCUT2D eigenvalue weighted by molar-refractivity contribution is -0.520. The van der Waals surface area contributed by atoms with Crippen LogP contribution in [-0.2, 0) is 6.42 Å². The fourth-order valence-electron chi connectivity index (χ4n) is 6.98. The van der Waals surface area contributed by atoms with Crippen molar-refractivity contribution in [3.8, 4) is 0 Å². The van der Waals surface area contributed by atoms with E-state index in [0.717, 1.165) is 23.2 Å². The molecule has 0 amide bonds. The molecule has 1 heterocycles. The van der Waals surface area contributed by atoms with Gasteiger partial charge < -0.3 is 5.32 Å². The number of benzene rings is 6. The molecule has 8 rings (SSSR count). The van der Waals surface area contributed by atoms with Crippen molar-refractivity contribution < 1.29 is 4.24 Å². The summed E-state index contributed by atoms with van der Waals surface area (Å²) in [6.07, 6.45) is 7.56. The minimum Gasteiger partial charge on any atom is -0.368 e. The highest BCUT2D eigenvalue weighted by Crippen LogP contribution is 2.39. The number of pyridine rings is 1. The normalized spacial score (nSPS) is 13.9. The second kappa shape index (κ2) is 10.7. The zero-order valence-corrected chi connectivity index (χ0v) is 24.8. The van der Waals surface area contributed by atoms with Crippen LogP contribution in [0.25, 0.3) is 38.4 Å². The number of allylic oxidation sites excluding steroid dienone is 2. The predicted octanol–water partition coefficient (Wildman–Crippen LogP) is 8.76. The first-order valence-electron chi connectivity index (χ1n) is 15.3. The molecule has 0 bridgehead atoms. The van der Waals surface area contributed by atoms with E-state index in [1.54, 1.807) is 0 Å². The number of aromatic nitrogens is 1. The van der Waals surface area contributed by atoms with Gasteiger partial charge in [0, 0.05) is 28.8 Å². The molecule has 0 spiro atoms. The fourth-order valence-corrected chi connectivity index (χ4v) is 6.98. The Balaban J connectivity index is 1.50. The minimum absolute atomic E-state index is 0.184. The molecular weight excluding hydrogens is 532 g/mol. The van der Waals surface area contributed by atoms with Crippen LogP contribution < -0.4 is 14.8 Å². The van der Waals surface area contributed by atoms with Crippen LogP contribution in [0.15, 0.2) is 140 Å². The largest absolute Gasteiger partial charge is 0.368 e. The van der Waals surface area contributed by atoms with Gasteiger partial charge in [0.2, 0.25) is 11.0 Å². The number of fused-ring (bicyclic) bond motifs is 4. The van der Waals surface area contributed by atoms with Gasteiger partial charge in [0.1, 0.15) is 12.8 Å². The summed E-state index contributed by atoms with van der Waals surface area (Å²) < 4.78 is 2.15. The maximum atomic E-state index is 4.72. The number of nitrogens with zero attached hydrogens (tertiary/aromatic N) is 1. The number of hydrogen-bond acceptors (Lipinski definition) is 1. The molecule has 0 fully saturated rings. The molecule has 1 unspecified atom stereocenters. The first-order chi connectivity index (χ1) is 21.7. The highest BCUT2D eigenvalue weighted by molar-refractivity contribution is 6.04. The van der Waals surface area contributed by atoms with Gasteiger partial charge in [-0.05, 0) is 74.8 Å². The SMILES string of the molecule is C=[n+]1c(C(Nc2c(C)ccc3ccccc23)c2c3ccccc3cc3ccccc23)cccc1=c1cccc2c1=CC=CC2. The van der Waals surface area contributed by atoms with Gasteiger partial charge in [-0.2, -0.15) is 4.24 Å². The van der Waals surface area contributed by atoms with Crippen LogP contribution in [0.1, 0.15) is 28.4 Å². The minimum atomic E-state index is -0.184. The van der Waals surface area contributed by atoms with Crippen molar-refractivity contribution in [1.29, 1.82) is 0 Å². The van der Waals surface area contributed by atoms with Crippen molar-refractivity contribution in [3.63, 3.8) is 0 Å². The zero-order chi connectivity index (χ0) is 29.6. The van der Waals surface area contributed by atoms with Crippen molar-refractivity contribution in [2.24, 2.45) is 0 Å². The van der Waals surface area contributed by atoms with E-state index < -0.39 is 0 Å². The molecule has 0 saturated carbocycles. The maximum Gasteiger partial charge on any atom is 0.218 e. The molecule has 0 aliphatic heterocycles. The average Bonchev–Trinajstić information content (AvgIpc) is 3.07. The zero-order valence-electron chi connectivity index (χ0n) is 24.8. The van der Waals surface area contributed by atoms with E-state index >= 15 is 0 Å². The van der Waals surface area contributed by atoms with Crippen molar-refractivity contribution in [1.82, 2.24) is 0 Å². The van der Waals surface area contributed by atoms with Crippen LogP contribution in [0, 0.1) is 24.2 Å². The summed E-state index contributed by atoms with van der Waals surface area (Å²) in [7, 11) is 0. The van der Waals surface area contributed by atoms with Crippen molar-refractivity contribution in [2.45, 2.75) is 19.4 Å². The maximum absolute atomic E-state index is 4.72. The summed E-state index contributed by atoms with van der Waals surface area (Å²) in [6, 6.07) is 45.9. The smallest absolute Gasteiger partial charge is 0.218 e. The number of anilines is 1. The summed E-state index contributed by atoms with van der Waals surface area (Å²) in [5, 5.41) is 15.0. The summed E-state index contributed by atoms with van der Waals surface area (Å²) in [6.45, 7) is 6.92. The highest BCUT2D eigenvalue weighted by Gasteiger charge is 2.27. The van der Waals surface area contributed by atoms with E-state index in [0.29, 0.717) is 0 Å². The Hall–Kier alpha value is -5.47. The van der Waals surface area contributed by atoms with Gasteiger partial charge in [-0.1, -0.05) is 115 Å². The van der Waals surface area contributed by atoms with Gasteiger partial charge in [0.25, 0.3) is 0 Å². The topological polar surface area (TPSA) is 17.9 Å². The Morgan fingerprint density at radius 2 is 1.36 bits per heavy atom. The molecule has 1 aliphatic carbocycles. The Morgan fingerprint density at radius 3 is 2.14 bits per heavy atom. The quantitative estimate of drug-likeness (QED) is 0.167. The molecule has 7 aromatic rings. The summed E-state index contributed by atoms with van der Waals surface area (Å²) in [4.78, 5) is 0. The lowest BCUT2D eigenvalue weighted by Crippen LogP contribution is -2.31. The second-order valence-corrected chi connectivity index (χ2v) is 11.7. The van der Waals surface area contributed by atoms with Crippen molar-refractivity contribution in [3.05, 3.63) is 184 Å². The standard InChI is InChI=1S/C42H33N2/c1-28-25-26-30-14-4-10-21-36(30)41(28)43-42(40-34-19-8-5-15-31(34)27-32-16-6-9-20-35(32)40)39-24-12-23-38(44(39)2)37-22-11-17-29-13-3-7-18-33(29)37/h3-12,14-27,42-43H,2,13H2,1H3/q+1. The molecule has 1 N–H and O–H groups in total. The molecule has 1 aromatic heterocycles.